The lowest BCUT2D eigenvalue weighted by Crippen LogP contribution is -2.44. The van der Waals surface area contributed by atoms with E-state index in [0.717, 1.165) is 51.9 Å². The summed E-state index contributed by atoms with van der Waals surface area (Å²) in [4.78, 5) is 4.58. The summed E-state index contributed by atoms with van der Waals surface area (Å²) in [6.07, 6.45) is 8.04. The molecule has 0 aromatic carbocycles. The lowest BCUT2D eigenvalue weighted by atomic mass is 9.94. The van der Waals surface area contributed by atoms with Crippen LogP contribution in [0.3, 0.4) is 0 Å². The van der Waals surface area contributed by atoms with Gasteiger partial charge in [0.05, 0.1) is 19.3 Å². The second kappa shape index (κ2) is 8.00. The van der Waals surface area contributed by atoms with Crippen molar-refractivity contribution in [2.24, 2.45) is 5.92 Å². The predicted molar refractivity (Wildman–Crippen MR) is 77.2 cm³/mol. The summed E-state index contributed by atoms with van der Waals surface area (Å²) in [7, 11) is 2.13. The van der Waals surface area contributed by atoms with Crippen LogP contribution >= 0.6 is 0 Å². The Kier molecular flexibility index (Phi) is 6.31. The molecule has 0 aromatic rings. The first-order chi connectivity index (χ1) is 9.24. The van der Waals surface area contributed by atoms with Gasteiger partial charge >= 0.3 is 0 Å². The molecule has 0 amide bonds. The fourth-order valence-corrected chi connectivity index (χ4v) is 3.04. The molecule has 4 heteroatoms. The van der Waals surface area contributed by atoms with E-state index in [1.165, 1.54) is 19.3 Å². The van der Waals surface area contributed by atoms with Crippen LogP contribution < -0.4 is 0 Å². The zero-order valence-corrected chi connectivity index (χ0v) is 12.1. The van der Waals surface area contributed by atoms with Crippen LogP contribution in [0.2, 0.25) is 0 Å². The molecule has 19 heavy (non-hydrogen) atoms. The largest absolute Gasteiger partial charge is 0.390 e. The van der Waals surface area contributed by atoms with E-state index in [0.29, 0.717) is 0 Å². The molecule has 4 nitrogen and oxygen atoms in total. The molecule has 110 valence electrons. The van der Waals surface area contributed by atoms with Gasteiger partial charge in [-0.05, 0) is 32.2 Å². The molecule has 1 aliphatic heterocycles. The highest BCUT2D eigenvalue weighted by Crippen LogP contribution is 2.18. The monoisotopic (exact) mass is 268 g/mol. The number of nitrogens with zero attached hydrogens (tertiary/aromatic N) is 2. The molecular formula is C15H28N2O2. The van der Waals surface area contributed by atoms with Crippen molar-refractivity contribution in [2.45, 2.75) is 25.4 Å². The minimum Gasteiger partial charge on any atom is -0.390 e. The lowest BCUT2D eigenvalue weighted by molar-refractivity contribution is 0.00779. The van der Waals surface area contributed by atoms with Gasteiger partial charge in [0.15, 0.2) is 0 Å². The summed E-state index contributed by atoms with van der Waals surface area (Å²) in [6, 6.07) is 0. The van der Waals surface area contributed by atoms with E-state index < -0.39 is 0 Å². The van der Waals surface area contributed by atoms with Gasteiger partial charge in [-0.3, -0.25) is 4.90 Å². The summed E-state index contributed by atoms with van der Waals surface area (Å²) in [6.45, 7) is 6.16. The Hall–Kier alpha value is -0.420. The van der Waals surface area contributed by atoms with E-state index >= 15 is 0 Å². The second-order valence-corrected chi connectivity index (χ2v) is 5.94. The highest BCUT2D eigenvalue weighted by atomic mass is 16.5. The van der Waals surface area contributed by atoms with E-state index in [1.807, 2.05) is 0 Å². The van der Waals surface area contributed by atoms with Crippen molar-refractivity contribution >= 4 is 0 Å². The Morgan fingerprint density at radius 1 is 1.37 bits per heavy atom. The number of aliphatic hydroxyl groups is 1. The quantitative estimate of drug-likeness (QED) is 0.728. The summed E-state index contributed by atoms with van der Waals surface area (Å²) < 4.78 is 5.32. The minimum atomic E-state index is -0.248. The average Bonchev–Trinajstić information content (AvgIpc) is 2.40. The number of allylic oxidation sites excluding steroid dienone is 2. The molecular weight excluding hydrogens is 240 g/mol. The molecule has 1 N–H and O–H groups in total. The highest BCUT2D eigenvalue weighted by molar-refractivity contribution is 4.90. The summed E-state index contributed by atoms with van der Waals surface area (Å²) in [5.74, 6) is 0.769. The maximum absolute atomic E-state index is 10.2. The van der Waals surface area contributed by atoms with Crippen molar-refractivity contribution in [1.29, 1.82) is 0 Å². The van der Waals surface area contributed by atoms with Crippen LogP contribution in [0.25, 0.3) is 0 Å². The van der Waals surface area contributed by atoms with Crippen molar-refractivity contribution in [2.75, 3.05) is 53.0 Å². The SMILES string of the molecule is CN(CC(O)CN1CCOCC1)CC1CC=CCC1. The minimum absolute atomic E-state index is 0.248. The van der Waals surface area contributed by atoms with Crippen LogP contribution in [0.4, 0.5) is 0 Å². The second-order valence-electron chi connectivity index (χ2n) is 5.94. The van der Waals surface area contributed by atoms with E-state index in [4.69, 9.17) is 4.74 Å². The van der Waals surface area contributed by atoms with Gasteiger partial charge in [0, 0.05) is 32.7 Å². The molecule has 0 spiro atoms. The third-order valence-electron chi connectivity index (χ3n) is 4.04. The Bertz CT molecular complexity index is 277. The third-order valence-corrected chi connectivity index (χ3v) is 4.04. The molecule has 0 saturated carbocycles. The molecule has 0 aromatic heterocycles. The van der Waals surface area contributed by atoms with Gasteiger partial charge in [-0.1, -0.05) is 12.2 Å². The number of aliphatic hydroxyl groups excluding tert-OH is 1. The topological polar surface area (TPSA) is 35.9 Å². The van der Waals surface area contributed by atoms with Gasteiger partial charge < -0.3 is 14.7 Å². The summed E-state index contributed by atoms with van der Waals surface area (Å²) in [5.41, 5.74) is 0. The van der Waals surface area contributed by atoms with E-state index in [1.54, 1.807) is 0 Å². The zero-order valence-electron chi connectivity index (χ0n) is 12.1. The number of rotatable bonds is 6. The Labute approximate surface area is 117 Å². The first-order valence-corrected chi connectivity index (χ1v) is 7.55. The Morgan fingerprint density at radius 2 is 2.16 bits per heavy atom. The number of hydrogen-bond acceptors (Lipinski definition) is 4. The fourth-order valence-electron chi connectivity index (χ4n) is 3.04. The van der Waals surface area contributed by atoms with Gasteiger partial charge in [-0.25, -0.2) is 0 Å². The molecule has 2 rings (SSSR count). The summed E-state index contributed by atoms with van der Waals surface area (Å²) in [5, 5.41) is 10.2. The first-order valence-electron chi connectivity index (χ1n) is 7.55. The number of morpholine rings is 1. The highest BCUT2D eigenvalue weighted by Gasteiger charge is 2.18. The van der Waals surface area contributed by atoms with Crippen LogP contribution in [0, 0.1) is 5.92 Å². The lowest BCUT2D eigenvalue weighted by Gasteiger charge is -2.31. The standard InChI is InChI=1S/C15H28N2O2/c1-16(11-14-5-3-2-4-6-14)12-15(18)13-17-7-9-19-10-8-17/h2-3,14-15,18H,4-13H2,1H3. The van der Waals surface area contributed by atoms with Gasteiger partial charge in [0.25, 0.3) is 0 Å². The van der Waals surface area contributed by atoms with Crippen molar-refractivity contribution in [1.82, 2.24) is 9.80 Å². The van der Waals surface area contributed by atoms with Gasteiger partial charge in [0.2, 0.25) is 0 Å². The molecule has 2 aliphatic rings. The molecule has 0 bridgehead atoms. The number of β-amino-alcohol motifs (C(OH)–C–C–N with tert-alkyl or cyclic N) is 1. The average molecular weight is 268 g/mol. The van der Waals surface area contributed by atoms with Crippen LogP contribution in [0.15, 0.2) is 12.2 Å². The van der Waals surface area contributed by atoms with Crippen LogP contribution in [-0.2, 0) is 4.74 Å². The number of likely N-dealkylation sites (N-methyl/N-ethyl adjacent to an activating group) is 1. The summed E-state index contributed by atoms with van der Waals surface area (Å²) >= 11 is 0. The number of hydrogen-bond donors (Lipinski definition) is 1. The van der Waals surface area contributed by atoms with Crippen LogP contribution in [0.5, 0.6) is 0 Å². The van der Waals surface area contributed by atoms with Crippen molar-refractivity contribution in [3.8, 4) is 0 Å². The Balaban J connectivity index is 1.63. The first kappa shape index (κ1) is 15.0. The molecule has 2 atom stereocenters. The molecule has 1 heterocycles. The van der Waals surface area contributed by atoms with Crippen molar-refractivity contribution < 1.29 is 9.84 Å². The zero-order chi connectivity index (χ0) is 13.5. The van der Waals surface area contributed by atoms with Crippen LogP contribution in [0.1, 0.15) is 19.3 Å². The van der Waals surface area contributed by atoms with Crippen molar-refractivity contribution in [3.63, 3.8) is 0 Å². The van der Waals surface area contributed by atoms with Gasteiger partial charge in [-0.15, -0.1) is 0 Å². The predicted octanol–water partition coefficient (Wildman–Crippen LogP) is 0.968. The molecule has 1 saturated heterocycles. The van der Waals surface area contributed by atoms with Gasteiger partial charge in [-0.2, -0.15) is 0 Å². The smallest absolute Gasteiger partial charge is 0.0793 e. The normalized spacial score (nSPS) is 26.8. The molecule has 1 fully saturated rings. The molecule has 1 aliphatic carbocycles. The Morgan fingerprint density at radius 3 is 2.84 bits per heavy atom. The molecule has 2 unspecified atom stereocenters. The maximum Gasteiger partial charge on any atom is 0.0793 e. The van der Waals surface area contributed by atoms with Gasteiger partial charge in [0.1, 0.15) is 0 Å². The van der Waals surface area contributed by atoms with E-state index in [-0.39, 0.29) is 6.10 Å². The van der Waals surface area contributed by atoms with E-state index in [9.17, 15) is 5.11 Å². The van der Waals surface area contributed by atoms with Crippen molar-refractivity contribution in [3.05, 3.63) is 12.2 Å². The van der Waals surface area contributed by atoms with Crippen LogP contribution in [-0.4, -0.2) is 74.0 Å². The number of ether oxygens (including phenoxy) is 1. The fraction of sp³-hybridized carbons (Fsp3) is 0.867. The maximum atomic E-state index is 10.2. The van der Waals surface area contributed by atoms with E-state index in [2.05, 4.69) is 29.0 Å². The third kappa shape index (κ3) is 5.61. The molecule has 0 radical (unpaired) electrons.